The highest BCUT2D eigenvalue weighted by Crippen LogP contribution is 2.44. The topological polar surface area (TPSA) is 96.6 Å². The minimum absolute atomic E-state index is 0.160. The first kappa shape index (κ1) is 18.2. The standard InChI is InChI=1S/C20H23NO5/c1-25-17-5-2-14(10-18(17)26-16-4-3-15(22)11-16)20(12-21)8-6-13(7-9-20)19(23)24/h2,5,10,13,16H,3-4,6-9,11H2,1H3,(H,23,24). The molecule has 2 fully saturated rings. The third-order valence-corrected chi connectivity index (χ3v) is 5.61. The number of ether oxygens (including phenoxy) is 2. The minimum atomic E-state index is -0.791. The molecule has 2 aliphatic rings. The quantitative estimate of drug-likeness (QED) is 0.869. The Bertz CT molecular complexity index is 743. The maximum absolute atomic E-state index is 11.5. The van der Waals surface area contributed by atoms with Crippen LogP contribution in [-0.4, -0.2) is 30.1 Å². The van der Waals surface area contributed by atoms with Crippen LogP contribution in [-0.2, 0) is 15.0 Å². The van der Waals surface area contributed by atoms with Crippen LogP contribution >= 0.6 is 0 Å². The summed E-state index contributed by atoms with van der Waals surface area (Å²) in [7, 11) is 1.56. The SMILES string of the molecule is COc1ccc(C2(C#N)CCC(C(=O)O)CC2)cc1OC1CCC(=O)C1. The van der Waals surface area contributed by atoms with Gasteiger partial charge in [0.2, 0.25) is 0 Å². The Morgan fingerprint density at radius 1 is 1.27 bits per heavy atom. The van der Waals surface area contributed by atoms with Crippen LogP contribution in [0.5, 0.6) is 11.5 Å². The second-order valence-corrected chi connectivity index (χ2v) is 7.19. The number of hydrogen-bond donors (Lipinski definition) is 1. The number of carbonyl (C=O) groups is 2. The van der Waals surface area contributed by atoms with Gasteiger partial charge in [-0.3, -0.25) is 9.59 Å². The zero-order valence-electron chi connectivity index (χ0n) is 14.9. The molecule has 0 saturated heterocycles. The van der Waals surface area contributed by atoms with Crippen molar-refractivity contribution in [3.63, 3.8) is 0 Å². The lowest BCUT2D eigenvalue weighted by Crippen LogP contribution is -2.33. The third kappa shape index (κ3) is 3.52. The molecule has 1 N–H and O–H groups in total. The molecule has 1 unspecified atom stereocenters. The fourth-order valence-electron chi connectivity index (χ4n) is 3.95. The average molecular weight is 357 g/mol. The second-order valence-electron chi connectivity index (χ2n) is 7.19. The van der Waals surface area contributed by atoms with E-state index in [-0.39, 0.29) is 17.8 Å². The molecule has 2 saturated carbocycles. The summed E-state index contributed by atoms with van der Waals surface area (Å²) in [5.41, 5.74) is 0.117. The van der Waals surface area contributed by atoms with Crippen molar-refractivity contribution in [3.05, 3.63) is 23.8 Å². The van der Waals surface area contributed by atoms with Crippen molar-refractivity contribution in [2.75, 3.05) is 7.11 Å². The Morgan fingerprint density at radius 2 is 2.00 bits per heavy atom. The van der Waals surface area contributed by atoms with Crippen LogP contribution in [0.3, 0.4) is 0 Å². The number of ketones is 1. The van der Waals surface area contributed by atoms with E-state index < -0.39 is 11.4 Å². The number of rotatable bonds is 5. The number of aliphatic carboxylic acids is 1. The van der Waals surface area contributed by atoms with Gasteiger partial charge in [0.15, 0.2) is 11.5 Å². The maximum atomic E-state index is 11.5. The third-order valence-electron chi connectivity index (χ3n) is 5.61. The molecule has 1 aromatic carbocycles. The summed E-state index contributed by atoms with van der Waals surface area (Å²) < 4.78 is 11.4. The van der Waals surface area contributed by atoms with Crippen molar-refractivity contribution >= 4 is 11.8 Å². The molecular weight excluding hydrogens is 334 g/mol. The van der Waals surface area contributed by atoms with E-state index in [0.717, 1.165) is 5.56 Å². The van der Waals surface area contributed by atoms with E-state index in [1.807, 2.05) is 12.1 Å². The molecule has 1 atom stereocenters. The molecule has 6 nitrogen and oxygen atoms in total. The van der Waals surface area contributed by atoms with Crippen LogP contribution < -0.4 is 9.47 Å². The molecule has 0 amide bonds. The first-order valence-corrected chi connectivity index (χ1v) is 8.98. The Kier molecular flexibility index (Phi) is 5.17. The van der Waals surface area contributed by atoms with Gasteiger partial charge in [0, 0.05) is 12.8 Å². The number of carbonyl (C=O) groups excluding carboxylic acids is 1. The van der Waals surface area contributed by atoms with Crippen LogP contribution in [0.4, 0.5) is 0 Å². The molecule has 1 aromatic rings. The molecule has 0 aromatic heterocycles. The molecule has 0 radical (unpaired) electrons. The lowest BCUT2D eigenvalue weighted by atomic mass is 9.67. The van der Waals surface area contributed by atoms with E-state index in [4.69, 9.17) is 9.47 Å². The molecule has 26 heavy (non-hydrogen) atoms. The number of carboxylic acid groups (broad SMARTS) is 1. The Hall–Kier alpha value is -2.55. The summed E-state index contributed by atoms with van der Waals surface area (Å²) in [6, 6.07) is 7.88. The van der Waals surface area contributed by atoms with Crippen molar-refractivity contribution in [1.82, 2.24) is 0 Å². The van der Waals surface area contributed by atoms with Gasteiger partial charge in [-0.15, -0.1) is 0 Å². The van der Waals surface area contributed by atoms with Crippen molar-refractivity contribution in [3.8, 4) is 17.6 Å². The van der Waals surface area contributed by atoms with Gasteiger partial charge in [0.25, 0.3) is 0 Å². The molecule has 3 rings (SSSR count). The predicted octanol–water partition coefficient (Wildman–Crippen LogP) is 3.23. The van der Waals surface area contributed by atoms with Gasteiger partial charge in [-0.25, -0.2) is 0 Å². The maximum Gasteiger partial charge on any atom is 0.306 e. The number of methoxy groups -OCH3 is 1. The van der Waals surface area contributed by atoms with Gasteiger partial charge in [-0.1, -0.05) is 6.07 Å². The van der Waals surface area contributed by atoms with Crippen molar-refractivity contribution < 1.29 is 24.2 Å². The van der Waals surface area contributed by atoms with Crippen molar-refractivity contribution in [1.29, 1.82) is 5.26 Å². The van der Waals surface area contributed by atoms with Gasteiger partial charge in [0.1, 0.15) is 11.9 Å². The van der Waals surface area contributed by atoms with E-state index in [9.17, 15) is 20.0 Å². The monoisotopic (exact) mass is 357 g/mol. The summed E-state index contributed by atoms with van der Waals surface area (Å²) in [6.45, 7) is 0. The lowest BCUT2D eigenvalue weighted by molar-refractivity contribution is -0.143. The fourth-order valence-corrected chi connectivity index (χ4v) is 3.95. The average Bonchev–Trinajstić information content (AvgIpc) is 3.06. The number of hydrogen-bond acceptors (Lipinski definition) is 5. The van der Waals surface area contributed by atoms with Gasteiger partial charge < -0.3 is 14.6 Å². The molecule has 0 heterocycles. The van der Waals surface area contributed by atoms with Gasteiger partial charge in [-0.05, 0) is 49.8 Å². The number of carboxylic acids is 1. The van der Waals surface area contributed by atoms with Gasteiger partial charge >= 0.3 is 5.97 Å². The molecule has 2 aliphatic carbocycles. The molecular formula is C20H23NO5. The van der Waals surface area contributed by atoms with E-state index in [1.165, 1.54) is 0 Å². The summed E-state index contributed by atoms with van der Waals surface area (Å²) in [4.78, 5) is 22.7. The van der Waals surface area contributed by atoms with Crippen molar-refractivity contribution in [2.45, 2.75) is 56.5 Å². The number of Topliss-reactive ketones (excluding diaryl/α,β-unsaturated/α-hetero) is 1. The highest BCUT2D eigenvalue weighted by Gasteiger charge is 2.39. The molecule has 0 bridgehead atoms. The molecule has 0 aliphatic heterocycles. The van der Waals surface area contributed by atoms with E-state index in [1.54, 1.807) is 13.2 Å². The van der Waals surface area contributed by atoms with Crippen LogP contribution in [0.25, 0.3) is 0 Å². The zero-order chi connectivity index (χ0) is 18.7. The lowest BCUT2D eigenvalue weighted by Gasteiger charge is -2.34. The van der Waals surface area contributed by atoms with Crippen LogP contribution in [0.1, 0.15) is 50.5 Å². The number of nitrogens with zero attached hydrogens (tertiary/aromatic N) is 1. The Labute approximate surface area is 152 Å². The van der Waals surface area contributed by atoms with Gasteiger partial charge in [-0.2, -0.15) is 5.26 Å². The van der Waals surface area contributed by atoms with E-state index in [0.29, 0.717) is 56.4 Å². The summed E-state index contributed by atoms with van der Waals surface area (Å²) >= 11 is 0. The second kappa shape index (κ2) is 7.36. The molecule has 6 heteroatoms. The van der Waals surface area contributed by atoms with Crippen LogP contribution in [0, 0.1) is 17.2 Å². The van der Waals surface area contributed by atoms with Crippen LogP contribution in [0.15, 0.2) is 18.2 Å². The van der Waals surface area contributed by atoms with Crippen molar-refractivity contribution in [2.24, 2.45) is 5.92 Å². The highest BCUT2D eigenvalue weighted by atomic mass is 16.5. The van der Waals surface area contributed by atoms with E-state index in [2.05, 4.69) is 6.07 Å². The predicted molar refractivity (Wildman–Crippen MR) is 93.2 cm³/mol. The molecule has 138 valence electrons. The van der Waals surface area contributed by atoms with Crippen LogP contribution in [0.2, 0.25) is 0 Å². The zero-order valence-corrected chi connectivity index (χ0v) is 14.9. The number of benzene rings is 1. The summed E-state index contributed by atoms with van der Waals surface area (Å²) in [5, 5.41) is 19.0. The summed E-state index contributed by atoms with van der Waals surface area (Å²) in [5.74, 6) is 0.141. The normalized spacial score (nSPS) is 28.4. The number of nitriles is 1. The van der Waals surface area contributed by atoms with E-state index >= 15 is 0 Å². The highest BCUT2D eigenvalue weighted by molar-refractivity contribution is 5.81. The minimum Gasteiger partial charge on any atom is -0.493 e. The Balaban J connectivity index is 1.85. The smallest absolute Gasteiger partial charge is 0.306 e. The first-order valence-electron chi connectivity index (χ1n) is 8.98. The molecule has 0 spiro atoms. The summed E-state index contributed by atoms with van der Waals surface area (Å²) in [6.07, 6.45) is 3.46. The Morgan fingerprint density at radius 3 is 2.54 bits per heavy atom. The van der Waals surface area contributed by atoms with Gasteiger partial charge in [0.05, 0.1) is 24.5 Å². The fraction of sp³-hybridized carbons (Fsp3) is 0.550. The largest absolute Gasteiger partial charge is 0.493 e. The first-order chi connectivity index (χ1) is 12.5.